The number of benzene rings is 2. The summed E-state index contributed by atoms with van der Waals surface area (Å²) in [4.78, 5) is 4.96. The molecule has 2 aliphatic rings. The van der Waals surface area contributed by atoms with Gasteiger partial charge >= 0.3 is 0 Å². The lowest BCUT2D eigenvalue weighted by Crippen LogP contribution is -2.29. The Bertz CT molecular complexity index is 911. The fraction of sp³-hybridized carbons (Fsp3) is 0.519. The van der Waals surface area contributed by atoms with Gasteiger partial charge in [-0.15, -0.1) is 0 Å². The molecule has 4 rings (SSSR count). The van der Waals surface area contributed by atoms with Gasteiger partial charge in [0.2, 0.25) is 5.90 Å². The van der Waals surface area contributed by atoms with Gasteiger partial charge in [-0.3, -0.25) is 5.41 Å². The summed E-state index contributed by atoms with van der Waals surface area (Å²) in [5, 5.41) is 13.0. The number of nitrogens with zero attached hydrogens (tertiary/aromatic N) is 2. The Kier molecular flexibility index (Phi) is 8.51. The molecule has 0 radical (unpaired) electrons. The molecule has 2 aliphatic heterocycles. The summed E-state index contributed by atoms with van der Waals surface area (Å²) < 4.78 is 5.95. The molecular formula is C27H37ClN4O. The Balaban J connectivity index is 1.41. The van der Waals surface area contributed by atoms with Gasteiger partial charge in [-0.25, -0.2) is 0 Å². The highest BCUT2D eigenvalue weighted by Gasteiger charge is 2.20. The van der Waals surface area contributed by atoms with Crippen LogP contribution in [0.2, 0.25) is 5.02 Å². The third-order valence-corrected chi connectivity index (χ3v) is 7.14. The maximum Gasteiger partial charge on any atom is 0.215 e. The van der Waals surface area contributed by atoms with Gasteiger partial charge in [0.05, 0.1) is 12.2 Å². The summed E-state index contributed by atoms with van der Waals surface area (Å²) in [5.41, 5.74) is 4.10. The van der Waals surface area contributed by atoms with E-state index in [-0.39, 0.29) is 5.90 Å². The van der Waals surface area contributed by atoms with Crippen LogP contribution in [-0.2, 0) is 11.3 Å². The van der Waals surface area contributed by atoms with Gasteiger partial charge in [-0.2, -0.15) is 0 Å². The second-order valence-electron chi connectivity index (χ2n) is 9.32. The first-order valence-electron chi connectivity index (χ1n) is 12.4. The largest absolute Gasteiger partial charge is 0.478 e. The van der Waals surface area contributed by atoms with Crippen molar-refractivity contribution in [2.24, 2.45) is 0 Å². The predicted octanol–water partition coefficient (Wildman–Crippen LogP) is 6.16. The number of rotatable bonds is 9. The zero-order chi connectivity index (χ0) is 23.0. The summed E-state index contributed by atoms with van der Waals surface area (Å²) in [6, 6.07) is 14.9. The minimum atomic E-state index is 0.252. The number of halogens is 1. The van der Waals surface area contributed by atoms with Crippen LogP contribution in [0.5, 0.6) is 0 Å². The average molecular weight is 469 g/mol. The van der Waals surface area contributed by atoms with E-state index in [4.69, 9.17) is 21.7 Å². The monoisotopic (exact) mass is 468 g/mol. The van der Waals surface area contributed by atoms with Crippen LogP contribution in [0.4, 0.5) is 11.4 Å². The van der Waals surface area contributed by atoms with Gasteiger partial charge in [0.1, 0.15) is 0 Å². The van der Waals surface area contributed by atoms with Gasteiger partial charge in [-0.05, 0) is 87.9 Å². The van der Waals surface area contributed by atoms with Crippen molar-refractivity contribution < 1.29 is 4.74 Å². The van der Waals surface area contributed by atoms with Crippen LogP contribution in [0, 0.1) is 5.41 Å². The molecule has 0 aromatic heterocycles. The number of likely N-dealkylation sites (tertiary alicyclic amines) is 1. The van der Waals surface area contributed by atoms with E-state index in [1.54, 1.807) is 0 Å². The molecule has 1 unspecified atom stereocenters. The molecule has 2 heterocycles. The van der Waals surface area contributed by atoms with Gasteiger partial charge in [-0.1, -0.05) is 23.7 Å². The molecule has 0 spiro atoms. The first-order valence-corrected chi connectivity index (χ1v) is 12.8. The Morgan fingerprint density at radius 1 is 1.06 bits per heavy atom. The maximum atomic E-state index is 8.71. The van der Waals surface area contributed by atoms with Crippen molar-refractivity contribution in [1.82, 2.24) is 4.90 Å². The van der Waals surface area contributed by atoms with Gasteiger partial charge in [0, 0.05) is 48.6 Å². The molecule has 0 saturated carbocycles. The number of ether oxygens (including phenoxy) is 1. The molecule has 0 bridgehead atoms. The molecule has 33 heavy (non-hydrogen) atoms. The average Bonchev–Trinajstić information content (AvgIpc) is 3.26. The summed E-state index contributed by atoms with van der Waals surface area (Å²) in [6.07, 6.45) is 7.31. The molecule has 0 amide bonds. The summed E-state index contributed by atoms with van der Waals surface area (Å²) in [6.45, 7) is 7.96. The van der Waals surface area contributed by atoms with Crippen LogP contribution in [0.15, 0.2) is 42.5 Å². The van der Waals surface area contributed by atoms with Crippen molar-refractivity contribution >= 4 is 28.9 Å². The van der Waals surface area contributed by atoms with Crippen molar-refractivity contribution in [3.63, 3.8) is 0 Å². The third kappa shape index (κ3) is 6.64. The normalized spacial score (nSPS) is 19.0. The zero-order valence-corrected chi connectivity index (χ0v) is 20.5. The molecule has 0 aliphatic carbocycles. The van der Waals surface area contributed by atoms with Crippen molar-refractivity contribution in [3.05, 3.63) is 58.6 Å². The highest BCUT2D eigenvalue weighted by Crippen LogP contribution is 2.27. The van der Waals surface area contributed by atoms with Crippen LogP contribution in [0.1, 0.15) is 56.6 Å². The fourth-order valence-electron chi connectivity index (χ4n) is 4.87. The van der Waals surface area contributed by atoms with Crippen LogP contribution in [-0.4, -0.2) is 49.6 Å². The summed E-state index contributed by atoms with van der Waals surface area (Å²) in [5.74, 6) is 0.252. The molecular weight excluding hydrogens is 432 g/mol. The van der Waals surface area contributed by atoms with E-state index in [1.165, 1.54) is 44.3 Å². The topological polar surface area (TPSA) is 51.6 Å². The minimum absolute atomic E-state index is 0.252. The first kappa shape index (κ1) is 23.9. The molecule has 2 fully saturated rings. The predicted molar refractivity (Wildman–Crippen MR) is 139 cm³/mol. The van der Waals surface area contributed by atoms with Crippen LogP contribution < -0.4 is 10.2 Å². The van der Waals surface area contributed by atoms with Crippen LogP contribution in [0.3, 0.4) is 0 Å². The molecule has 2 aromatic rings. The molecule has 2 N–H and O–H groups in total. The number of hydrogen-bond donors (Lipinski definition) is 2. The highest BCUT2D eigenvalue weighted by atomic mass is 35.5. The van der Waals surface area contributed by atoms with Crippen LogP contribution >= 0.6 is 11.6 Å². The lowest BCUT2D eigenvalue weighted by Gasteiger charge is -2.29. The van der Waals surface area contributed by atoms with Gasteiger partial charge < -0.3 is 19.9 Å². The van der Waals surface area contributed by atoms with E-state index in [0.29, 0.717) is 19.2 Å². The lowest BCUT2D eigenvalue weighted by molar-refractivity contribution is 0.225. The second kappa shape index (κ2) is 11.8. The van der Waals surface area contributed by atoms with Crippen molar-refractivity contribution in [1.29, 1.82) is 5.41 Å². The van der Waals surface area contributed by atoms with E-state index < -0.39 is 0 Å². The van der Waals surface area contributed by atoms with Gasteiger partial charge in [0.15, 0.2) is 0 Å². The third-order valence-electron chi connectivity index (χ3n) is 6.89. The summed E-state index contributed by atoms with van der Waals surface area (Å²) >= 11 is 6.02. The molecule has 2 saturated heterocycles. The lowest BCUT2D eigenvalue weighted by atomic mass is 10.1. The standard InChI is InChI=1S/C27H37ClN4O/c1-21-7-5-16-31(21)17-6-18-33-27(29)25-19-24(32-14-3-2-4-15-32)12-13-26(25)30-20-22-8-10-23(28)11-9-22/h8-13,19,21,29-30H,2-7,14-18,20H2,1H3. The smallest absolute Gasteiger partial charge is 0.215 e. The van der Waals surface area contributed by atoms with E-state index in [9.17, 15) is 0 Å². The molecule has 2 aromatic carbocycles. The van der Waals surface area contributed by atoms with E-state index in [0.717, 1.165) is 47.9 Å². The Hall–Kier alpha value is -2.24. The van der Waals surface area contributed by atoms with E-state index in [1.807, 2.05) is 24.3 Å². The fourth-order valence-corrected chi connectivity index (χ4v) is 4.99. The van der Waals surface area contributed by atoms with E-state index in [2.05, 4.69) is 40.2 Å². The first-order chi connectivity index (χ1) is 16.1. The Labute approximate surface area is 203 Å². The zero-order valence-electron chi connectivity index (χ0n) is 19.8. The van der Waals surface area contributed by atoms with Crippen molar-refractivity contribution in [2.75, 3.05) is 43.0 Å². The Morgan fingerprint density at radius 2 is 1.85 bits per heavy atom. The summed E-state index contributed by atoms with van der Waals surface area (Å²) in [7, 11) is 0. The quantitative estimate of drug-likeness (QED) is 0.263. The highest BCUT2D eigenvalue weighted by molar-refractivity contribution is 6.30. The molecule has 6 heteroatoms. The van der Waals surface area contributed by atoms with Crippen molar-refractivity contribution in [2.45, 2.75) is 58.0 Å². The number of nitrogens with one attached hydrogen (secondary N) is 2. The minimum Gasteiger partial charge on any atom is -0.478 e. The number of anilines is 2. The van der Waals surface area contributed by atoms with Crippen LogP contribution in [0.25, 0.3) is 0 Å². The SMILES string of the molecule is CC1CCCN1CCCOC(=N)c1cc(N2CCCCC2)ccc1NCc1ccc(Cl)cc1. The maximum absolute atomic E-state index is 8.71. The number of piperidine rings is 1. The van der Waals surface area contributed by atoms with E-state index >= 15 is 0 Å². The number of hydrogen-bond acceptors (Lipinski definition) is 5. The van der Waals surface area contributed by atoms with Gasteiger partial charge in [0.25, 0.3) is 0 Å². The molecule has 178 valence electrons. The Morgan fingerprint density at radius 3 is 2.58 bits per heavy atom. The second-order valence-corrected chi connectivity index (χ2v) is 9.75. The molecule has 1 atom stereocenters. The van der Waals surface area contributed by atoms with Crippen molar-refractivity contribution in [3.8, 4) is 0 Å². The molecule has 5 nitrogen and oxygen atoms in total.